The highest BCUT2D eigenvalue weighted by atomic mass is 35.5. The van der Waals surface area contributed by atoms with Gasteiger partial charge in [-0.2, -0.15) is 0 Å². The lowest BCUT2D eigenvalue weighted by atomic mass is 9.86. The average molecular weight is 201 g/mol. The minimum atomic E-state index is -0.755. The van der Waals surface area contributed by atoms with Crippen molar-refractivity contribution in [2.24, 2.45) is 0 Å². The van der Waals surface area contributed by atoms with Gasteiger partial charge in [-0.05, 0) is 43.1 Å². The van der Waals surface area contributed by atoms with Gasteiger partial charge in [0, 0.05) is 0 Å². The highest BCUT2D eigenvalue weighted by Crippen LogP contribution is 2.25. The summed E-state index contributed by atoms with van der Waals surface area (Å²) in [5.41, 5.74) is -0.0381. The Morgan fingerprint density at radius 1 is 1.31 bits per heavy atom. The van der Waals surface area contributed by atoms with Gasteiger partial charge in [-0.1, -0.05) is 12.1 Å². The van der Waals surface area contributed by atoms with Crippen LogP contribution in [0.4, 0.5) is 4.39 Å². The molecule has 0 bridgehead atoms. The zero-order valence-electron chi connectivity index (χ0n) is 7.47. The summed E-state index contributed by atoms with van der Waals surface area (Å²) in [6.07, 6.45) is 0. The maximum atomic E-state index is 12.6. The first-order chi connectivity index (χ1) is 5.94. The van der Waals surface area contributed by atoms with Crippen molar-refractivity contribution in [2.45, 2.75) is 19.3 Å². The highest BCUT2D eigenvalue weighted by Gasteiger charge is 2.27. The van der Waals surface area contributed by atoms with Crippen molar-refractivity contribution >= 4 is 16.8 Å². The lowest BCUT2D eigenvalue weighted by molar-refractivity contribution is -0.115. The lowest BCUT2D eigenvalue weighted by Crippen LogP contribution is -2.24. The maximum Gasteiger partial charge on any atom is 0.231 e. The van der Waals surface area contributed by atoms with Gasteiger partial charge < -0.3 is 0 Å². The van der Waals surface area contributed by atoms with Gasteiger partial charge in [0.05, 0.1) is 5.41 Å². The Kier molecular flexibility index (Phi) is 2.71. The van der Waals surface area contributed by atoms with Crippen LogP contribution in [0.2, 0.25) is 0 Å². The van der Waals surface area contributed by atoms with Crippen LogP contribution in [0.5, 0.6) is 0 Å². The Hall–Kier alpha value is -0.890. The molecule has 0 saturated carbocycles. The van der Waals surface area contributed by atoms with Crippen LogP contribution >= 0.6 is 11.6 Å². The molecule has 70 valence electrons. The normalized spacial score (nSPS) is 11.4. The fourth-order valence-electron chi connectivity index (χ4n) is 0.980. The SMILES string of the molecule is CC(C)(C(=O)Cl)c1ccc(F)cc1. The molecule has 1 rings (SSSR count). The van der Waals surface area contributed by atoms with Crippen molar-refractivity contribution in [1.29, 1.82) is 0 Å². The largest absolute Gasteiger partial charge is 0.280 e. The number of halogens is 2. The van der Waals surface area contributed by atoms with Crippen LogP contribution in [0.25, 0.3) is 0 Å². The van der Waals surface area contributed by atoms with Crippen LogP contribution in [0.3, 0.4) is 0 Å². The molecule has 0 saturated heterocycles. The third-order valence-electron chi connectivity index (χ3n) is 2.06. The predicted octanol–water partition coefficient (Wildman–Crippen LogP) is 2.87. The second kappa shape index (κ2) is 3.46. The third kappa shape index (κ3) is 2.07. The van der Waals surface area contributed by atoms with Gasteiger partial charge in [-0.3, -0.25) is 4.79 Å². The topological polar surface area (TPSA) is 17.1 Å². The molecule has 1 nitrogen and oxygen atoms in total. The maximum absolute atomic E-state index is 12.6. The van der Waals surface area contributed by atoms with E-state index in [0.29, 0.717) is 5.56 Å². The van der Waals surface area contributed by atoms with Gasteiger partial charge in [-0.15, -0.1) is 0 Å². The van der Waals surface area contributed by atoms with E-state index >= 15 is 0 Å². The molecular weight excluding hydrogens is 191 g/mol. The molecule has 1 aromatic rings. The van der Waals surface area contributed by atoms with E-state index in [-0.39, 0.29) is 5.82 Å². The van der Waals surface area contributed by atoms with E-state index in [1.807, 2.05) is 0 Å². The number of hydrogen-bond acceptors (Lipinski definition) is 1. The first-order valence-electron chi connectivity index (χ1n) is 3.90. The fourth-order valence-corrected chi connectivity index (χ4v) is 1.09. The number of benzene rings is 1. The number of rotatable bonds is 2. The minimum absolute atomic E-state index is 0.318. The van der Waals surface area contributed by atoms with Gasteiger partial charge in [0.1, 0.15) is 5.82 Å². The van der Waals surface area contributed by atoms with Crippen LogP contribution in [-0.2, 0) is 10.2 Å². The zero-order valence-corrected chi connectivity index (χ0v) is 8.23. The molecule has 0 N–H and O–H groups in total. The average Bonchev–Trinajstić information content (AvgIpc) is 2.04. The van der Waals surface area contributed by atoms with Gasteiger partial charge in [0.25, 0.3) is 0 Å². The number of hydrogen-bond donors (Lipinski definition) is 0. The van der Waals surface area contributed by atoms with E-state index in [1.165, 1.54) is 12.1 Å². The highest BCUT2D eigenvalue weighted by molar-refractivity contribution is 6.65. The van der Waals surface area contributed by atoms with Gasteiger partial charge >= 0.3 is 0 Å². The monoisotopic (exact) mass is 200 g/mol. The molecule has 0 atom stereocenters. The molecule has 1 aromatic carbocycles. The van der Waals surface area contributed by atoms with Crippen molar-refractivity contribution in [2.75, 3.05) is 0 Å². The molecule has 0 aromatic heterocycles. The molecule has 0 heterocycles. The van der Waals surface area contributed by atoms with E-state index in [0.717, 1.165) is 0 Å². The molecule has 0 aliphatic heterocycles. The summed E-state index contributed by atoms with van der Waals surface area (Å²) < 4.78 is 12.6. The van der Waals surface area contributed by atoms with Gasteiger partial charge in [0.2, 0.25) is 5.24 Å². The second-order valence-corrected chi connectivity index (χ2v) is 3.75. The molecule has 0 aliphatic carbocycles. The van der Waals surface area contributed by atoms with Gasteiger partial charge in [-0.25, -0.2) is 4.39 Å². The van der Waals surface area contributed by atoms with Crippen molar-refractivity contribution in [3.05, 3.63) is 35.6 Å². The van der Waals surface area contributed by atoms with Crippen LogP contribution in [0.15, 0.2) is 24.3 Å². The summed E-state index contributed by atoms with van der Waals surface area (Å²) in [7, 11) is 0. The fraction of sp³-hybridized carbons (Fsp3) is 0.300. The van der Waals surface area contributed by atoms with E-state index in [9.17, 15) is 9.18 Å². The summed E-state index contributed by atoms with van der Waals surface area (Å²) in [6, 6.07) is 5.76. The third-order valence-corrected chi connectivity index (χ3v) is 2.53. The van der Waals surface area contributed by atoms with Crippen LogP contribution in [0, 0.1) is 5.82 Å². The molecule has 0 spiro atoms. The molecule has 13 heavy (non-hydrogen) atoms. The predicted molar refractivity (Wildman–Crippen MR) is 50.3 cm³/mol. The Labute approximate surface area is 81.5 Å². The molecule has 0 radical (unpaired) electrons. The smallest absolute Gasteiger partial charge is 0.231 e. The van der Waals surface area contributed by atoms with E-state index in [4.69, 9.17) is 11.6 Å². The first kappa shape index (κ1) is 10.2. The Balaban J connectivity index is 3.08. The minimum Gasteiger partial charge on any atom is -0.280 e. The number of carbonyl (C=O) groups is 1. The van der Waals surface area contributed by atoms with E-state index < -0.39 is 10.7 Å². The van der Waals surface area contributed by atoms with Crippen molar-refractivity contribution in [3.8, 4) is 0 Å². The van der Waals surface area contributed by atoms with Gasteiger partial charge in [0.15, 0.2) is 0 Å². The molecule has 0 fully saturated rings. The van der Waals surface area contributed by atoms with E-state index in [1.54, 1.807) is 26.0 Å². The Morgan fingerprint density at radius 2 is 1.77 bits per heavy atom. The standard InChI is InChI=1S/C10H10ClFO/c1-10(2,9(11)13)7-3-5-8(12)6-4-7/h3-6H,1-2H3. The van der Waals surface area contributed by atoms with Crippen molar-refractivity contribution < 1.29 is 9.18 Å². The molecule has 3 heteroatoms. The lowest BCUT2D eigenvalue weighted by Gasteiger charge is -2.19. The zero-order chi connectivity index (χ0) is 10.1. The first-order valence-corrected chi connectivity index (χ1v) is 4.28. The summed E-state index contributed by atoms with van der Waals surface area (Å²) in [5.74, 6) is -0.318. The molecule has 0 unspecified atom stereocenters. The van der Waals surface area contributed by atoms with Crippen LogP contribution in [0.1, 0.15) is 19.4 Å². The Bertz CT molecular complexity index is 316. The summed E-state index contributed by atoms with van der Waals surface area (Å²) in [4.78, 5) is 11.0. The number of carbonyl (C=O) groups excluding carboxylic acids is 1. The molecule has 0 aliphatic rings. The van der Waals surface area contributed by atoms with E-state index in [2.05, 4.69) is 0 Å². The summed E-state index contributed by atoms with van der Waals surface area (Å²) in [6.45, 7) is 3.41. The summed E-state index contributed by atoms with van der Waals surface area (Å²) in [5, 5.41) is -0.445. The quantitative estimate of drug-likeness (QED) is 0.671. The van der Waals surface area contributed by atoms with Crippen molar-refractivity contribution in [1.82, 2.24) is 0 Å². The van der Waals surface area contributed by atoms with Crippen LogP contribution < -0.4 is 0 Å². The Morgan fingerprint density at radius 3 is 2.15 bits per heavy atom. The second-order valence-electron chi connectivity index (χ2n) is 3.41. The van der Waals surface area contributed by atoms with Crippen LogP contribution in [-0.4, -0.2) is 5.24 Å². The molecular formula is C10H10ClFO. The molecule has 0 amide bonds. The van der Waals surface area contributed by atoms with Crippen molar-refractivity contribution in [3.63, 3.8) is 0 Å². The summed E-state index contributed by atoms with van der Waals surface area (Å²) >= 11 is 5.41.